The van der Waals surface area contributed by atoms with Gasteiger partial charge in [-0.25, -0.2) is 4.98 Å². The van der Waals surface area contributed by atoms with Crippen LogP contribution in [0.3, 0.4) is 0 Å². The predicted molar refractivity (Wildman–Crippen MR) is 87.4 cm³/mol. The number of para-hydroxylation sites is 2. The maximum absolute atomic E-state index is 12.3. The average molecular weight is 340 g/mol. The molecular formula is C16H10BrN3O. The third-order valence-electron chi connectivity index (χ3n) is 3.45. The summed E-state index contributed by atoms with van der Waals surface area (Å²) in [6, 6.07) is 15.4. The van der Waals surface area contributed by atoms with E-state index in [0.717, 1.165) is 26.4 Å². The summed E-state index contributed by atoms with van der Waals surface area (Å²) < 4.78 is 0.933. The Morgan fingerprint density at radius 2 is 1.81 bits per heavy atom. The van der Waals surface area contributed by atoms with Gasteiger partial charge in [0.25, 0.3) is 5.56 Å². The van der Waals surface area contributed by atoms with Crippen molar-refractivity contribution in [3.05, 3.63) is 63.4 Å². The highest BCUT2D eigenvalue weighted by Crippen LogP contribution is 2.22. The SMILES string of the molecule is O=c1[nH]c2cc(Br)ccc2cc1-c1nc2ccccc2[nH]1. The molecule has 0 bridgehead atoms. The Kier molecular flexibility index (Phi) is 2.68. The maximum Gasteiger partial charge on any atom is 0.259 e. The summed E-state index contributed by atoms with van der Waals surface area (Å²) in [7, 11) is 0. The number of hydrogen-bond donors (Lipinski definition) is 2. The fourth-order valence-corrected chi connectivity index (χ4v) is 2.79. The van der Waals surface area contributed by atoms with E-state index < -0.39 is 0 Å². The van der Waals surface area contributed by atoms with Crippen LogP contribution in [0.25, 0.3) is 33.3 Å². The molecule has 0 saturated heterocycles. The van der Waals surface area contributed by atoms with Gasteiger partial charge >= 0.3 is 0 Å². The van der Waals surface area contributed by atoms with E-state index in [2.05, 4.69) is 30.9 Å². The summed E-state index contributed by atoms with van der Waals surface area (Å²) >= 11 is 3.40. The first-order chi connectivity index (χ1) is 10.2. The first-order valence-electron chi connectivity index (χ1n) is 6.48. The quantitative estimate of drug-likeness (QED) is 0.553. The van der Waals surface area contributed by atoms with Crippen molar-refractivity contribution in [2.45, 2.75) is 0 Å². The minimum atomic E-state index is -0.153. The maximum atomic E-state index is 12.3. The molecule has 0 radical (unpaired) electrons. The fraction of sp³-hybridized carbons (Fsp3) is 0. The first kappa shape index (κ1) is 12.3. The fourth-order valence-electron chi connectivity index (χ4n) is 2.43. The van der Waals surface area contributed by atoms with Gasteiger partial charge < -0.3 is 9.97 Å². The number of fused-ring (bicyclic) bond motifs is 2. The third-order valence-corrected chi connectivity index (χ3v) is 3.95. The molecule has 0 fully saturated rings. The minimum absolute atomic E-state index is 0.153. The standard InChI is InChI=1S/C16H10BrN3O/c17-10-6-5-9-7-11(16(21)20-14(9)8-10)15-18-12-3-1-2-4-13(12)19-15/h1-8H,(H,18,19)(H,20,21). The van der Waals surface area contributed by atoms with Gasteiger partial charge in [0.15, 0.2) is 0 Å². The van der Waals surface area contributed by atoms with Crippen molar-refractivity contribution in [3.8, 4) is 11.4 Å². The molecule has 0 saturated carbocycles. The molecule has 2 N–H and O–H groups in total. The summed E-state index contributed by atoms with van der Waals surface area (Å²) in [5, 5.41) is 0.966. The Bertz CT molecular complexity index is 999. The van der Waals surface area contributed by atoms with Gasteiger partial charge in [-0.15, -0.1) is 0 Å². The van der Waals surface area contributed by atoms with Crippen LogP contribution in [0.2, 0.25) is 0 Å². The molecule has 0 aliphatic carbocycles. The normalized spacial score (nSPS) is 11.3. The van der Waals surface area contributed by atoms with Crippen LogP contribution in [0.5, 0.6) is 0 Å². The number of halogens is 1. The molecule has 4 nitrogen and oxygen atoms in total. The zero-order valence-electron chi connectivity index (χ0n) is 10.9. The third kappa shape index (κ3) is 2.06. The molecule has 4 rings (SSSR count). The summed E-state index contributed by atoms with van der Waals surface area (Å²) in [4.78, 5) is 22.9. The highest BCUT2D eigenvalue weighted by atomic mass is 79.9. The van der Waals surface area contributed by atoms with E-state index in [4.69, 9.17) is 0 Å². The molecule has 5 heteroatoms. The van der Waals surface area contributed by atoms with Crippen LogP contribution in [0.1, 0.15) is 0 Å². The van der Waals surface area contributed by atoms with E-state index in [-0.39, 0.29) is 5.56 Å². The largest absolute Gasteiger partial charge is 0.338 e. The number of imidazole rings is 1. The molecule has 21 heavy (non-hydrogen) atoms. The lowest BCUT2D eigenvalue weighted by Gasteiger charge is -2.01. The van der Waals surface area contributed by atoms with E-state index >= 15 is 0 Å². The molecule has 0 spiro atoms. The zero-order chi connectivity index (χ0) is 14.4. The Balaban J connectivity index is 1.99. The van der Waals surface area contributed by atoms with Gasteiger partial charge in [-0.2, -0.15) is 0 Å². The number of pyridine rings is 1. The number of nitrogens with zero attached hydrogens (tertiary/aromatic N) is 1. The van der Waals surface area contributed by atoms with E-state index in [1.807, 2.05) is 48.5 Å². The summed E-state index contributed by atoms with van der Waals surface area (Å²) in [6.07, 6.45) is 0. The topological polar surface area (TPSA) is 61.5 Å². The van der Waals surface area contributed by atoms with E-state index in [1.165, 1.54) is 0 Å². The first-order valence-corrected chi connectivity index (χ1v) is 7.28. The number of aromatic amines is 2. The van der Waals surface area contributed by atoms with Crippen molar-refractivity contribution in [1.29, 1.82) is 0 Å². The Morgan fingerprint density at radius 1 is 0.952 bits per heavy atom. The molecule has 2 aromatic heterocycles. The average Bonchev–Trinajstić information content (AvgIpc) is 2.90. The predicted octanol–water partition coefficient (Wildman–Crippen LogP) is 3.83. The lowest BCUT2D eigenvalue weighted by Crippen LogP contribution is -2.09. The van der Waals surface area contributed by atoms with E-state index in [9.17, 15) is 4.79 Å². The summed E-state index contributed by atoms with van der Waals surface area (Å²) in [5.41, 5.74) is 2.96. The van der Waals surface area contributed by atoms with Gasteiger partial charge in [-0.1, -0.05) is 34.1 Å². The van der Waals surface area contributed by atoms with Gasteiger partial charge in [0.2, 0.25) is 0 Å². The lowest BCUT2D eigenvalue weighted by molar-refractivity contribution is 1.25. The Hall–Kier alpha value is -2.40. The van der Waals surface area contributed by atoms with Gasteiger partial charge in [-0.05, 0) is 35.7 Å². The van der Waals surface area contributed by atoms with Crippen LogP contribution in [0, 0.1) is 0 Å². The van der Waals surface area contributed by atoms with Gasteiger partial charge in [0, 0.05) is 9.99 Å². The van der Waals surface area contributed by atoms with Crippen LogP contribution < -0.4 is 5.56 Å². The molecule has 0 unspecified atom stereocenters. The van der Waals surface area contributed by atoms with Crippen LogP contribution in [0.15, 0.2) is 57.8 Å². The minimum Gasteiger partial charge on any atom is -0.338 e. The number of hydrogen-bond acceptors (Lipinski definition) is 2. The Morgan fingerprint density at radius 3 is 2.67 bits per heavy atom. The molecule has 2 aromatic carbocycles. The second kappa shape index (κ2) is 4.56. The van der Waals surface area contributed by atoms with Crippen LogP contribution >= 0.6 is 15.9 Å². The van der Waals surface area contributed by atoms with Gasteiger partial charge in [0.1, 0.15) is 5.82 Å². The second-order valence-corrected chi connectivity index (χ2v) is 5.76. The molecule has 0 aliphatic rings. The molecule has 0 aliphatic heterocycles. The smallest absolute Gasteiger partial charge is 0.259 e. The van der Waals surface area contributed by atoms with E-state index in [0.29, 0.717) is 11.4 Å². The van der Waals surface area contributed by atoms with Gasteiger partial charge in [0.05, 0.1) is 16.6 Å². The number of rotatable bonds is 1. The highest BCUT2D eigenvalue weighted by molar-refractivity contribution is 9.10. The number of H-pyrrole nitrogens is 2. The number of aromatic nitrogens is 3. The molecule has 4 aromatic rings. The zero-order valence-corrected chi connectivity index (χ0v) is 12.4. The van der Waals surface area contributed by atoms with E-state index in [1.54, 1.807) is 0 Å². The molecule has 102 valence electrons. The van der Waals surface area contributed by atoms with Crippen molar-refractivity contribution in [2.24, 2.45) is 0 Å². The molecule has 2 heterocycles. The molecule has 0 amide bonds. The van der Waals surface area contributed by atoms with Gasteiger partial charge in [-0.3, -0.25) is 4.79 Å². The number of benzene rings is 2. The highest BCUT2D eigenvalue weighted by Gasteiger charge is 2.10. The van der Waals surface area contributed by atoms with Crippen molar-refractivity contribution in [3.63, 3.8) is 0 Å². The van der Waals surface area contributed by atoms with Crippen LogP contribution in [0.4, 0.5) is 0 Å². The molecular weight excluding hydrogens is 330 g/mol. The van der Waals surface area contributed by atoms with Crippen molar-refractivity contribution >= 4 is 37.9 Å². The Labute approximate surface area is 128 Å². The summed E-state index contributed by atoms with van der Waals surface area (Å²) in [6.45, 7) is 0. The molecule has 0 atom stereocenters. The van der Waals surface area contributed by atoms with Crippen molar-refractivity contribution in [2.75, 3.05) is 0 Å². The summed E-state index contributed by atoms with van der Waals surface area (Å²) in [5.74, 6) is 0.585. The monoisotopic (exact) mass is 339 g/mol. The lowest BCUT2D eigenvalue weighted by atomic mass is 10.1. The van der Waals surface area contributed by atoms with Crippen LogP contribution in [-0.4, -0.2) is 15.0 Å². The second-order valence-electron chi connectivity index (χ2n) is 4.85. The van der Waals surface area contributed by atoms with Crippen molar-refractivity contribution in [1.82, 2.24) is 15.0 Å². The van der Waals surface area contributed by atoms with Crippen LogP contribution in [-0.2, 0) is 0 Å². The van der Waals surface area contributed by atoms with Crippen molar-refractivity contribution < 1.29 is 0 Å². The number of nitrogens with one attached hydrogen (secondary N) is 2.